The number of aliphatic hydroxyl groups excluding tert-OH is 3. The molecule has 1 aromatic carbocycles. The molecule has 0 spiro atoms. The second-order valence-electron chi connectivity index (χ2n) is 3.61. The zero-order valence-electron chi connectivity index (χ0n) is 9.47. The third kappa shape index (κ3) is 3.63. The third-order valence-electron chi connectivity index (χ3n) is 2.30. The highest BCUT2D eigenvalue weighted by Crippen LogP contribution is 2.07. The highest BCUT2D eigenvalue weighted by molar-refractivity contribution is 5.90. The van der Waals surface area contributed by atoms with E-state index in [0.29, 0.717) is 0 Å². The van der Waals surface area contributed by atoms with Crippen LogP contribution in [0.5, 0.6) is 0 Å². The number of hydrogen-bond acceptors (Lipinski definition) is 6. The van der Waals surface area contributed by atoms with Gasteiger partial charge in [0.05, 0.1) is 12.2 Å². The van der Waals surface area contributed by atoms with E-state index in [4.69, 9.17) is 14.9 Å². The van der Waals surface area contributed by atoms with E-state index in [1.165, 1.54) is 12.1 Å². The molecule has 3 N–H and O–H groups in total. The van der Waals surface area contributed by atoms with Crippen LogP contribution in [0.3, 0.4) is 0 Å². The van der Waals surface area contributed by atoms with Crippen molar-refractivity contribution in [3.63, 3.8) is 0 Å². The second kappa shape index (κ2) is 6.85. The number of esters is 1. The largest absolute Gasteiger partial charge is 0.448 e. The SMILES string of the molecule is O=CC(OC(=O)c1ccccc1)C(O)C(O)CO. The maximum Gasteiger partial charge on any atom is 0.338 e. The lowest BCUT2D eigenvalue weighted by Gasteiger charge is -2.21. The Morgan fingerprint density at radius 1 is 1.28 bits per heavy atom. The molecule has 1 rings (SSSR count). The molecular formula is C12H14O6. The van der Waals surface area contributed by atoms with Gasteiger partial charge in [0.15, 0.2) is 12.4 Å². The van der Waals surface area contributed by atoms with Crippen molar-refractivity contribution in [3.05, 3.63) is 35.9 Å². The van der Waals surface area contributed by atoms with Crippen molar-refractivity contribution in [2.75, 3.05) is 6.61 Å². The minimum atomic E-state index is -1.67. The van der Waals surface area contributed by atoms with Crippen molar-refractivity contribution in [2.45, 2.75) is 18.3 Å². The number of aldehydes is 1. The van der Waals surface area contributed by atoms with Gasteiger partial charge in [-0.25, -0.2) is 4.79 Å². The molecule has 0 amide bonds. The van der Waals surface area contributed by atoms with E-state index < -0.39 is 30.9 Å². The number of carbonyl (C=O) groups excluding carboxylic acids is 2. The summed E-state index contributed by atoms with van der Waals surface area (Å²) >= 11 is 0. The monoisotopic (exact) mass is 254 g/mol. The predicted molar refractivity (Wildman–Crippen MR) is 60.8 cm³/mol. The first kappa shape index (κ1) is 14.3. The molecule has 6 heteroatoms. The summed E-state index contributed by atoms with van der Waals surface area (Å²) < 4.78 is 4.74. The predicted octanol–water partition coefficient (Wildman–Crippen LogP) is -0.875. The van der Waals surface area contributed by atoms with E-state index >= 15 is 0 Å². The molecule has 0 aromatic heterocycles. The highest BCUT2D eigenvalue weighted by atomic mass is 16.6. The Hall–Kier alpha value is -1.76. The average molecular weight is 254 g/mol. The van der Waals surface area contributed by atoms with Crippen LogP contribution in [-0.2, 0) is 9.53 Å². The number of benzene rings is 1. The Morgan fingerprint density at radius 2 is 1.89 bits per heavy atom. The van der Waals surface area contributed by atoms with E-state index in [1.54, 1.807) is 18.2 Å². The van der Waals surface area contributed by atoms with Gasteiger partial charge in [-0.3, -0.25) is 4.79 Å². The molecule has 0 heterocycles. The Balaban J connectivity index is 2.69. The van der Waals surface area contributed by atoms with E-state index in [2.05, 4.69) is 0 Å². The normalized spacial score (nSPS) is 15.5. The summed E-state index contributed by atoms with van der Waals surface area (Å²) in [5.74, 6) is -0.795. The Bertz CT molecular complexity index is 391. The molecule has 0 radical (unpaired) electrons. The van der Waals surface area contributed by atoms with Crippen LogP contribution in [0.25, 0.3) is 0 Å². The van der Waals surface area contributed by atoms with Crippen LogP contribution in [-0.4, -0.2) is 52.5 Å². The fraction of sp³-hybridized carbons (Fsp3) is 0.333. The fourth-order valence-corrected chi connectivity index (χ4v) is 1.27. The van der Waals surface area contributed by atoms with Gasteiger partial charge in [0.1, 0.15) is 12.2 Å². The Morgan fingerprint density at radius 3 is 2.39 bits per heavy atom. The summed E-state index contributed by atoms with van der Waals surface area (Å²) in [6.45, 7) is -0.742. The summed E-state index contributed by atoms with van der Waals surface area (Å²) in [6.07, 6.45) is -4.55. The molecule has 0 aliphatic rings. The first-order valence-corrected chi connectivity index (χ1v) is 5.28. The molecule has 98 valence electrons. The summed E-state index contributed by atoms with van der Waals surface area (Å²) in [4.78, 5) is 22.3. The highest BCUT2D eigenvalue weighted by Gasteiger charge is 2.29. The molecule has 0 bridgehead atoms. The van der Waals surface area contributed by atoms with E-state index in [9.17, 15) is 14.7 Å². The quantitative estimate of drug-likeness (QED) is 0.450. The van der Waals surface area contributed by atoms with Gasteiger partial charge in [-0.05, 0) is 12.1 Å². The first-order chi connectivity index (χ1) is 8.60. The molecule has 0 fully saturated rings. The lowest BCUT2D eigenvalue weighted by atomic mass is 10.1. The Labute approximate surface area is 103 Å². The standard InChI is InChI=1S/C12H14O6/c13-6-9(15)11(16)10(7-14)18-12(17)8-4-2-1-3-5-8/h1-5,7,9-11,13,15-16H,6H2. The van der Waals surface area contributed by atoms with Gasteiger partial charge < -0.3 is 20.1 Å². The molecule has 0 aliphatic heterocycles. The van der Waals surface area contributed by atoms with E-state index in [0.717, 1.165) is 0 Å². The summed E-state index contributed by atoms with van der Waals surface area (Å²) in [5.41, 5.74) is 0.218. The maximum absolute atomic E-state index is 11.6. The third-order valence-corrected chi connectivity index (χ3v) is 2.30. The van der Waals surface area contributed by atoms with Crippen molar-refractivity contribution in [2.24, 2.45) is 0 Å². The molecule has 0 saturated carbocycles. The van der Waals surface area contributed by atoms with Crippen LogP contribution in [0.4, 0.5) is 0 Å². The zero-order valence-corrected chi connectivity index (χ0v) is 9.47. The minimum absolute atomic E-state index is 0.199. The van der Waals surface area contributed by atoms with Crippen molar-refractivity contribution in [3.8, 4) is 0 Å². The fourth-order valence-electron chi connectivity index (χ4n) is 1.27. The van der Waals surface area contributed by atoms with Crippen LogP contribution < -0.4 is 0 Å². The summed E-state index contributed by atoms with van der Waals surface area (Å²) in [5, 5.41) is 27.3. The van der Waals surface area contributed by atoms with Crippen molar-refractivity contribution >= 4 is 12.3 Å². The van der Waals surface area contributed by atoms with Gasteiger partial charge in [0.25, 0.3) is 0 Å². The lowest BCUT2D eigenvalue weighted by Crippen LogP contribution is -2.42. The second-order valence-corrected chi connectivity index (χ2v) is 3.61. The molecule has 3 atom stereocenters. The number of ether oxygens (including phenoxy) is 1. The summed E-state index contributed by atoms with van der Waals surface area (Å²) in [7, 11) is 0. The van der Waals surface area contributed by atoms with Gasteiger partial charge in [-0.2, -0.15) is 0 Å². The minimum Gasteiger partial charge on any atom is -0.448 e. The lowest BCUT2D eigenvalue weighted by molar-refractivity contribution is -0.129. The number of rotatable bonds is 6. The van der Waals surface area contributed by atoms with Gasteiger partial charge in [-0.15, -0.1) is 0 Å². The molecular weight excluding hydrogens is 240 g/mol. The maximum atomic E-state index is 11.6. The van der Waals surface area contributed by atoms with Gasteiger partial charge in [-0.1, -0.05) is 18.2 Å². The molecule has 1 aromatic rings. The van der Waals surface area contributed by atoms with Crippen LogP contribution in [0.2, 0.25) is 0 Å². The van der Waals surface area contributed by atoms with Crippen molar-refractivity contribution < 1.29 is 29.6 Å². The molecule has 3 unspecified atom stereocenters. The number of hydrogen-bond donors (Lipinski definition) is 3. The van der Waals surface area contributed by atoms with Crippen LogP contribution in [0.1, 0.15) is 10.4 Å². The summed E-state index contributed by atoms with van der Waals surface area (Å²) in [6, 6.07) is 7.91. The number of carbonyl (C=O) groups is 2. The molecule has 18 heavy (non-hydrogen) atoms. The smallest absolute Gasteiger partial charge is 0.338 e. The number of aliphatic hydroxyl groups is 3. The van der Waals surface area contributed by atoms with E-state index in [1.807, 2.05) is 0 Å². The molecule has 6 nitrogen and oxygen atoms in total. The average Bonchev–Trinajstić information content (AvgIpc) is 2.43. The van der Waals surface area contributed by atoms with Crippen molar-refractivity contribution in [1.82, 2.24) is 0 Å². The topological polar surface area (TPSA) is 104 Å². The van der Waals surface area contributed by atoms with E-state index in [-0.39, 0.29) is 11.8 Å². The van der Waals surface area contributed by atoms with Gasteiger partial charge in [0.2, 0.25) is 0 Å². The molecule has 0 aliphatic carbocycles. The van der Waals surface area contributed by atoms with Gasteiger partial charge in [0, 0.05) is 0 Å². The Kier molecular flexibility index (Phi) is 5.44. The van der Waals surface area contributed by atoms with Gasteiger partial charge >= 0.3 is 5.97 Å². The van der Waals surface area contributed by atoms with Crippen LogP contribution in [0, 0.1) is 0 Å². The molecule has 0 saturated heterocycles. The zero-order chi connectivity index (χ0) is 13.5. The van der Waals surface area contributed by atoms with Crippen LogP contribution in [0.15, 0.2) is 30.3 Å². The van der Waals surface area contributed by atoms with Crippen molar-refractivity contribution in [1.29, 1.82) is 0 Å². The first-order valence-electron chi connectivity index (χ1n) is 5.28. The van der Waals surface area contributed by atoms with Crippen LogP contribution >= 0.6 is 0 Å².